The van der Waals surface area contributed by atoms with Crippen molar-refractivity contribution in [2.24, 2.45) is 17.3 Å². The van der Waals surface area contributed by atoms with Gasteiger partial charge in [0, 0.05) is 0 Å². The zero-order valence-corrected chi connectivity index (χ0v) is 19.5. The Balaban J connectivity index is 0.000000673. The van der Waals surface area contributed by atoms with Crippen molar-refractivity contribution < 1.29 is 26.9 Å². The number of hydrogen-bond donors (Lipinski definition) is 0. The smallest absolute Gasteiger partial charge is 0.306 e. The van der Waals surface area contributed by atoms with Gasteiger partial charge in [-0.2, -0.15) is 8.42 Å². The summed E-state index contributed by atoms with van der Waals surface area (Å²) < 4.78 is 31.8. The van der Waals surface area contributed by atoms with E-state index in [1.54, 1.807) is 6.07 Å². The van der Waals surface area contributed by atoms with Gasteiger partial charge in [-0.05, 0) is 66.0 Å². The van der Waals surface area contributed by atoms with Gasteiger partial charge in [0.2, 0.25) is 0 Å². The number of carbonyl (C=O) groups is 2. The first kappa shape index (κ1) is 25.9. The standard InChI is InChI=1S/C19H26O4S.C2H4O2.C2H4/c1-12-13-5-6-15-14(16(13)9-10-19(12,2)3)7-8-18(17(15)11-20)23-24(4,21)22;1-4-2-3;1-2/h7-8,11-13,16H,5-6,9-10H2,1-4H3;2H,1H3;1-2H2. The minimum atomic E-state index is -3.64. The number of benzene rings is 1. The second-order valence-corrected chi connectivity index (χ2v) is 9.98. The summed E-state index contributed by atoms with van der Waals surface area (Å²) in [6, 6.07) is 3.63. The monoisotopic (exact) mass is 438 g/mol. The summed E-state index contributed by atoms with van der Waals surface area (Å²) in [6.45, 7) is 13.4. The van der Waals surface area contributed by atoms with E-state index in [2.05, 4.69) is 38.7 Å². The molecule has 1 aromatic carbocycles. The Bertz CT molecular complexity index is 843. The minimum Gasteiger partial charge on any atom is -0.471 e. The molecule has 0 aromatic heterocycles. The van der Waals surface area contributed by atoms with Crippen LogP contribution in [0.3, 0.4) is 0 Å². The Kier molecular flexibility index (Phi) is 9.28. The van der Waals surface area contributed by atoms with E-state index >= 15 is 0 Å². The van der Waals surface area contributed by atoms with Gasteiger partial charge < -0.3 is 8.92 Å². The summed E-state index contributed by atoms with van der Waals surface area (Å²) >= 11 is 0. The highest BCUT2D eigenvalue weighted by molar-refractivity contribution is 7.86. The van der Waals surface area contributed by atoms with Crippen LogP contribution in [0, 0.1) is 17.3 Å². The molecule has 0 aliphatic heterocycles. The zero-order valence-electron chi connectivity index (χ0n) is 18.6. The molecule has 0 spiro atoms. The number of aldehydes is 1. The molecule has 6 nitrogen and oxygen atoms in total. The molecule has 30 heavy (non-hydrogen) atoms. The van der Waals surface area contributed by atoms with Gasteiger partial charge in [-0.1, -0.05) is 26.8 Å². The molecule has 168 valence electrons. The topological polar surface area (TPSA) is 86.7 Å². The molecule has 7 heteroatoms. The van der Waals surface area contributed by atoms with E-state index in [1.165, 1.54) is 19.1 Å². The number of methoxy groups -OCH3 is 1. The molecule has 0 bridgehead atoms. The second kappa shape index (κ2) is 10.8. The Hall–Kier alpha value is -2.15. The lowest BCUT2D eigenvalue weighted by Gasteiger charge is -2.49. The van der Waals surface area contributed by atoms with E-state index in [1.807, 2.05) is 6.07 Å². The van der Waals surface area contributed by atoms with Crippen molar-refractivity contribution in [3.63, 3.8) is 0 Å². The van der Waals surface area contributed by atoms with Crippen LogP contribution >= 0.6 is 0 Å². The predicted molar refractivity (Wildman–Crippen MR) is 118 cm³/mol. The number of fused-ring (bicyclic) bond motifs is 3. The molecule has 0 radical (unpaired) electrons. The highest BCUT2D eigenvalue weighted by Crippen LogP contribution is 2.55. The Morgan fingerprint density at radius 3 is 2.27 bits per heavy atom. The van der Waals surface area contributed by atoms with Crippen molar-refractivity contribution in [3.8, 4) is 5.75 Å². The molecule has 1 fully saturated rings. The Morgan fingerprint density at radius 1 is 1.17 bits per heavy atom. The van der Waals surface area contributed by atoms with Crippen LogP contribution in [0.15, 0.2) is 25.3 Å². The third kappa shape index (κ3) is 5.94. The van der Waals surface area contributed by atoms with Crippen LogP contribution in [0.25, 0.3) is 0 Å². The maximum Gasteiger partial charge on any atom is 0.306 e. The first-order valence-electron chi connectivity index (χ1n) is 10.0. The molecule has 0 N–H and O–H groups in total. The minimum absolute atomic E-state index is 0.161. The van der Waals surface area contributed by atoms with Crippen LogP contribution < -0.4 is 4.18 Å². The molecule has 1 aromatic rings. The lowest BCUT2D eigenvalue weighted by atomic mass is 9.55. The van der Waals surface area contributed by atoms with Crippen molar-refractivity contribution in [1.29, 1.82) is 0 Å². The molecule has 2 aliphatic carbocycles. The molecular formula is C23H34O6S. The van der Waals surface area contributed by atoms with Crippen LogP contribution in [0.4, 0.5) is 0 Å². The third-order valence-corrected chi connectivity index (χ3v) is 6.91. The summed E-state index contributed by atoms with van der Waals surface area (Å²) in [5.74, 6) is 1.88. The van der Waals surface area contributed by atoms with E-state index in [9.17, 15) is 13.2 Å². The van der Waals surface area contributed by atoms with E-state index in [4.69, 9.17) is 8.98 Å². The normalized spacial score (nSPS) is 23.7. The van der Waals surface area contributed by atoms with Gasteiger partial charge in [0.05, 0.1) is 18.9 Å². The number of ether oxygens (including phenoxy) is 1. The SMILES string of the molecule is C=C.CC1C2CCc3c(ccc(OS(C)(=O)=O)c3C=O)C2CCC1(C)C.COC=O. The van der Waals surface area contributed by atoms with Gasteiger partial charge in [0.25, 0.3) is 6.47 Å². The first-order valence-corrected chi connectivity index (χ1v) is 11.8. The summed E-state index contributed by atoms with van der Waals surface area (Å²) in [6.07, 6.45) is 5.90. The quantitative estimate of drug-likeness (QED) is 0.390. The first-order chi connectivity index (χ1) is 14.1. The van der Waals surface area contributed by atoms with Crippen molar-refractivity contribution in [2.45, 2.75) is 52.4 Å². The highest BCUT2D eigenvalue weighted by Gasteiger charge is 2.44. The average molecular weight is 439 g/mol. The second-order valence-electron chi connectivity index (χ2n) is 8.41. The summed E-state index contributed by atoms with van der Waals surface area (Å²) in [5.41, 5.74) is 2.97. The van der Waals surface area contributed by atoms with E-state index in [0.29, 0.717) is 35.2 Å². The summed E-state index contributed by atoms with van der Waals surface area (Å²) in [5, 5.41) is 0. The zero-order chi connectivity index (χ0) is 23.1. The number of carbonyl (C=O) groups excluding carboxylic acids is 2. The van der Waals surface area contributed by atoms with Crippen molar-refractivity contribution in [2.75, 3.05) is 13.4 Å². The molecular weight excluding hydrogens is 404 g/mol. The van der Waals surface area contributed by atoms with E-state index < -0.39 is 10.1 Å². The number of hydrogen-bond acceptors (Lipinski definition) is 6. The predicted octanol–water partition coefficient (Wildman–Crippen LogP) is 4.53. The van der Waals surface area contributed by atoms with Gasteiger partial charge in [0.15, 0.2) is 12.0 Å². The van der Waals surface area contributed by atoms with Gasteiger partial charge in [-0.25, -0.2) is 0 Å². The van der Waals surface area contributed by atoms with Crippen molar-refractivity contribution >= 4 is 22.9 Å². The maximum absolute atomic E-state index is 11.6. The molecule has 2 aliphatic rings. The van der Waals surface area contributed by atoms with Crippen LogP contribution in [0.2, 0.25) is 0 Å². The lowest BCUT2D eigenvalue weighted by Crippen LogP contribution is -2.39. The molecule has 0 heterocycles. The molecule has 3 rings (SSSR count). The molecule has 0 saturated heterocycles. The van der Waals surface area contributed by atoms with Gasteiger partial charge in [-0.3, -0.25) is 9.59 Å². The molecule has 0 amide bonds. The largest absolute Gasteiger partial charge is 0.471 e. The highest BCUT2D eigenvalue weighted by atomic mass is 32.2. The summed E-state index contributed by atoms with van der Waals surface area (Å²) in [7, 11) is -2.33. The summed E-state index contributed by atoms with van der Waals surface area (Å²) in [4.78, 5) is 20.6. The van der Waals surface area contributed by atoms with Gasteiger partial charge in [-0.15, -0.1) is 13.2 Å². The van der Waals surface area contributed by atoms with Gasteiger partial charge >= 0.3 is 10.1 Å². The van der Waals surface area contributed by atoms with E-state index in [-0.39, 0.29) is 5.75 Å². The van der Waals surface area contributed by atoms with Crippen molar-refractivity contribution in [3.05, 3.63) is 42.0 Å². The molecule has 3 unspecified atom stereocenters. The van der Waals surface area contributed by atoms with Gasteiger partial charge in [0.1, 0.15) is 0 Å². The van der Waals surface area contributed by atoms with Crippen LogP contribution in [-0.4, -0.2) is 34.5 Å². The van der Waals surface area contributed by atoms with Crippen LogP contribution in [-0.2, 0) is 26.1 Å². The molecule has 1 saturated carbocycles. The fourth-order valence-electron chi connectivity index (χ4n) is 4.70. The van der Waals surface area contributed by atoms with Crippen molar-refractivity contribution in [1.82, 2.24) is 0 Å². The fourth-order valence-corrected chi connectivity index (χ4v) is 5.17. The molecule has 3 atom stereocenters. The lowest BCUT2D eigenvalue weighted by molar-refractivity contribution is -0.126. The van der Waals surface area contributed by atoms with E-state index in [0.717, 1.165) is 37.4 Å². The number of rotatable bonds is 4. The third-order valence-electron chi connectivity index (χ3n) is 6.43. The Morgan fingerprint density at radius 2 is 1.77 bits per heavy atom. The van der Waals surface area contributed by atoms with Crippen LogP contribution in [0.1, 0.15) is 67.4 Å². The van der Waals surface area contributed by atoms with Crippen LogP contribution in [0.5, 0.6) is 5.75 Å². The average Bonchev–Trinajstić information content (AvgIpc) is 2.71. The fraction of sp³-hybridized carbons (Fsp3) is 0.565. The Labute approximate surface area is 180 Å². The maximum atomic E-state index is 11.6.